The van der Waals surface area contributed by atoms with Crippen LogP contribution in [0.25, 0.3) is 62.6 Å². The summed E-state index contributed by atoms with van der Waals surface area (Å²) in [4.78, 5) is 0. The van der Waals surface area contributed by atoms with E-state index in [1.807, 2.05) is 22.7 Å². The highest BCUT2D eigenvalue weighted by molar-refractivity contribution is 7.26. The fourth-order valence-corrected chi connectivity index (χ4v) is 9.04. The van der Waals surface area contributed by atoms with Gasteiger partial charge < -0.3 is 0 Å². The molecule has 2 heterocycles. The molecule has 0 bridgehead atoms. The van der Waals surface area contributed by atoms with Gasteiger partial charge in [-0.3, -0.25) is 0 Å². The molecular weight excluding hydrogens is 473 g/mol. The van der Waals surface area contributed by atoms with E-state index < -0.39 is 0 Å². The Kier molecular flexibility index (Phi) is 3.64. The third-order valence-electron chi connectivity index (χ3n) is 8.38. The molecule has 9 rings (SSSR count). The maximum Gasteiger partial charge on any atom is 0.0361 e. The van der Waals surface area contributed by atoms with E-state index >= 15 is 0 Å². The van der Waals surface area contributed by atoms with Crippen LogP contribution in [0.1, 0.15) is 33.4 Å². The van der Waals surface area contributed by atoms with E-state index in [9.17, 15) is 0 Å². The van der Waals surface area contributed by atoms with Crippen molar-refractivity contribution in [2.75, 3.05) is 0 Å². The second kappa shape index (κ2) is 6.64. The van der Waals surface area contributed by atoms with E-state index in [4.69, 9.17) is 0 Å². The number of thiophene rings is 2. The van der Waals surface area contributed by atoms with Gasteiger partial charge in [-0.2, -0.15) is 0 Å². The van der Waals surface area contributed by atoms with Gasteiger partial charge in [0.1, 0.15) is 0 Å². The predicted octanol–water partition coefficient (Wildman–Crippen LogP) is 10.2. The van der Waals surface area contributed by atoms with Gasteiger partial charge in [-0.1, -0.05) is 35.9 Å². The van der Waals surface area contributed by atoms with Gasteiger partial charge in [-0.05, 0) is 119 Å². The number of aryl methyl sites for hydroxylation is 2. The molecule has 0 radical (unpaired) electrons. The molecule has 5 aromatic carbocycles. The van der Waals surface area contributed by atoms with Gasteiger partial charge in [0.15, 0.2) is 0 Å². The van der Waals surface area contributed by atoms with Crippen LogP contribution in [0.2, 0.25) is 0 Å². The highest BCUT2D eigenvalue weighted by Crippen LogP contribution is 2.48. The molecule has 0 unspecified atom stereocenters. The first-order valence-electron chi connectivity index (χ1n) is 12.7. The summed E-state index contributed by atoms with van der Waals surface area (Å²) in [5.41, 5.74) is 14.3. The largest absolute Gasteiger partial charge is 0.135 e. The summed E-state index contributed by atoms with van der Waals surface area (Å²) in [5.74, 6) is 0. The number of hydrogen-bond donors (Lipinski definition) is 0. The van der Waals surface area contributed by atoms with Crippen molar-refractivity contribution in [3.05, 3.63) is 106 Å². The van der Waals surface area contributed by atoms with Gasteiger partial charge in [0, 0.05) is 40.3 Å². The summed E-state index contributed by atoms with van der Waals surface area (Å²) in [7, 11) is 0. The Labute approximate surface area is 217 Å². The van der Waals surface area contributed by atoms with Crippen LogP contribution < -0.4 is 0 Å². The zero-order chi connectivity index (χ0) is 23.7. The topological polar surface area (TPSA) is 0 Å². The van der Waals surface area contributed by atoms with E-state index in [1.165, 1.54) is 96.0 Å². The molecule has 36 heavy (non-hydrogen) atoms. The molecule has 2 heteroatoms. The van der Waals surface area contributed by atoms with Crippen LogP contribution in [-0.4, -0.2) is 0 Å². The summed E-state index contributed by atoms with van der Waals surface area (Å²) in [6.45, 7) is 4.38. The van der Waals surface area contributed by atoms with Crippen LogP contribution in [0.15, 0.2) is 72.8 Å². The number of benzene rings is 5. The van der Waals surface area contributed by atoms with Crippen molar-refractivity contribution in [1.29, 1.82) is 0 Å². The van der Waals surface area contributed by atoms with E-state index in [0.717, 1.165) is 12.8 Å². The number of rotatable bonds is 0. The van der Waals surface area contributed by atoms with E-state index in [2.05, 4.69) is 86.6 Å². The first-order valence-corrected chi connectivity index (χ1v) is 14.3. The smallest absolute Gasteiger partial charge is 0.0361 e. The van der Waals surface area contributed by atoms with Crippen LogP contribution in [0.3, 0.4) is 0 Å². The molecular formula is C34H22S2. The second-order valence-corrected chi connectivity index (χ2v) is 12.9. The van der Waals surface area contributed by atoms with Crippen molar-refractivity contribution >= 4 is 63.0 Å². The van der Waals surface area contributed by atoms with Crippen LogP contribution in [0.4, 0.5) is 0 Å². The normalized spacial score (nSPS) is 13.6. The third kappa shape index (κ3) is 2.53. The third-order valence-corrected chi connectivity index (χ3v) is 10.6. The van der Waals surface area contributed by atoms with Crippen LogP contribution in [0.5, 0.6) is 0 Å². The van der Waals surface area contributed by atoms with E-state index in [1.54, 1.807) is 0 Å². The maximum absolute atomic E-state index is 2.50. The van der Waals surface area contributed by atoms with Crippen LogP contribution >= 0.6 is 22.7 Å². The molecule has 0 saturated carbocycles. The maximum atomic E-state index is 2.50. The molecule has 2 aromatic heterocycles. The van der Waals surface area contributed by atoms with Gasteiger partial charge in [0.05, 0.1) is 0 Å². The minimum absolute atomic E-state index is 1.03. The lowest BCUT2D eigenvalue weighted by atomic mass is 10.00. The second-order valence-electron chi connectivity index (χ2n) is 10.7. The zero-order valence-electron chi connectivity index (χ0n) is 20.2. The van der Waals surface area contributed by atoms with Gasteiger partial charge in [-0.25, -0.2) is 0 Å². The number of hydrogen-bond acceptors (Lipinski definition) is 2. The Hall–Kier alpha value is -3.46. The Bertz CT molecular complexity index is 2120. The molecule has 0 saturated heterocycles. The summed E-state index contributed by atoms with van der Waals surface area (Å²) < 4.78 is 5.63. The van der Waals surface area contributed by atoms with Crippen molar-refractivity contribution in [3.63, 3.8) is 0 Å². The molecule has 2 aliphatic carbocycles. The fraction of sp³-hybridized carbons (Fsp3) is 0.118. The zero-order valence-corrected chi connectivity index (χ0v) is 21.8. The average Bonchev–Trinajstić information content (AvgIpc) is 3.58. The average molecular weight is 495 g/mol. The number of fused-ring (bicyclic) bond motifs is 12. The Morgan fingerprint density at radius 2 is 0.861 bits per heavy atom. The van der Waals surface area contributed by atoms with Crippen LogP contribution in [0, 0.1) is 13.8 Å². The van der Waals surface area contributed by atoms with Gasteiger partial charge in [0.25, 0.3) is 0 Å². The molecule has 0 N–H and O–H groups in total. The lowest BCUT2D eigenvalue weighted by Crippen LogP contribution is -1.82. The Balaban J connectivity index is 1.23. The quantitative estimate of drug-likeness (QED) is 0.197. The molecule has 0 aliphatic heterocycles. The predicted molar refractivity (Wildman–Crippen MR) is 158 cm³/mol. The van der Waals surface area contributed by atoms with Crippen LogP contribution in [-0.2, 0) is 12.8 Å². The first kappa shape index (κ1) is 19.7. The minimum atomic E-state index is 1.03. The molecule has 0 nitrogen and oxygen atoms in total. The van der Waals surface area contributed by atoms with Crippen molar-refractivity contribution in [2.45, 2.75) is 26.7 Å². The molecule has 0 amide bonds. The van der Waals surface area contributed by atoms with Gasteiger partial charge >= 0.3 is 0 Å². The van der Waals surface area contributed by atoms with Gasteiger partial charge in [0.2, 0.25) is 0 Å². The first-order chi connectivity index (χ1) is 17.6. The van der Waals surface area contributed by atoms with Gasteiger partial charge in [-0.15, -0.1) is 22.7 Å². The molecule has 0 fully saturated rings. The summed E-state index contributed by atoms with van der Waals surface area (Å²) in [5, 5.41) is 5.68. The SMILES string of the molecule is Cc1ccc2c(c1)Cc1cc3c(cc1-2)sc1cc2c(cc13)Cc1cc3c(cc1-2)sc1cc(C)ccc13. The minimum Gasteiger partial charge on any atom is -0.135 e. The van der Waals surface area contributed by atoms with E-state index in [0.29, 0.717) is 0 Å². The molecule has 0 atom stereocenters. The monoisotopic (exact) mass is 494 g/mol. The Morgan fingerprint density at radius 3 is 1.47 bits per heavy atom. The molecule has 2 aliphatic rings. The fourth-order valence-electron chi connectivity index (χ4n) is 6.66. The van der Waals surface area contributed by atoms with Crippen molar-refractivity contribution in [3.8, 4) is 22.3 Å². The van der Waals surface area contributed by atoms with Crippen molar-refractivity contribution in [1.82, 2.24) is 0 Å². The molecule has 0 spiro atoms. The molecule has 7 aromatic rings. The summed E-state index contributed by atoms with van der Waals surface area (Å²) >= 11 is 3.89. The highest BCUT2D eigenvalue weighted by Gasteiger charge is 2.24. The van der Waals surface area contributed by atoms with Crippen molar-refractivity contribution in [2.24, 2.45) is 0 Å². The lowest BCUT2D eigenvalue weighted by Gasteiger charge is -2.03. The summed E-state index contributed by atoms with van der Waals surface area (Å²) in [6, 6.07) is 28.7. The van der Waals surface area contributed by atoms with E-state index in [-0.39, 0.29) is 0 Å². The molecule has 170 valence electrons. The highest BCUT2D eigenvalue weighted by atomic mass is 32.1. The summed E-state index contributed by atoms with van der Waals surface area (Å²) in [6.07, 6.45) is 2.09. The lowest BCUT2D eigenvalue weighted by molar-refractivity contribution is 1.25. The standard InChI is InChI=1S/C34H22S2/c1-17-3-5-23-19(7-17)9-20-12-29-30-13-22-10-21-11-28-24-6-4-18(2)8-31(24)35-32(28)15-26(21)27(22)16-34(30)36-33(29)14-25(20)23/h3-8,11-16H,9-10H2,1-2H3. The Morgan fingerprint density at radius 1 is 0.417 bits per heavy atom. The van der Waals surface area contributed by atoms with Crippen molar-refractivity contribution < 1.29 is 0 Å².